The third-order valence-corrected chi connectivity index (χ3v) is 3.39. The molecular formula is C10H17N3O. The molecule has 0 aromatic heterocycles. The van der Waals surface area contributed by atoms with Gasteiger partial charge >= 0.3 is 0 Å². The summed E-state index contributed by atoms with van der Waals surface area (Å²) in [5, 5.41) is 6.70. The van der Waals surface area contributed by atoms with Crippen LogP contribution in [0.1, 0.15) is 25.7 Å². The predicted octanol–water partition coefficient (Wildman–Crippen LogP) is 0.245. The minimum Gasteiger partial charge on any atom is -0.373 e. The number of nitrogens with zero attached hydrogens (tertiary/aromatic N) is 1. The molecule has 3 heterocycles. The van der Waals surface area contributed by atoms with Crippen LogP contribution in [0.3, 0.4) is 0 Å². The molecule has 2 fully saturated rings. The Balaban J connectivity index is 1.61. The Morgan fingerprint density at radius 1 is 1.29 bits per heavy atom. The fourth-order valence-corrected chi connectivity index (χ4v) is 2.63. The number of hydrogen-bond donors (Lipinski definition) is 2. The molecule has 14 heavy (non-hydrogen) atoms. The van der Waals surface area contributed by atoms with Crippen LogP contribution in [-0.4, -0.2) is 37.3 Å². The summed E-state index contributed by atoms with van der Waals surface area (Å²) in [6, 6.07) is 0.484. The van der Waals surface area contributed by atoms with Gasteiger partial charge < -0.3 is 15.4 Å². The zero-order chi connectivity index (χ0) is 9.38. The summed E-state index contributed by atoms with van der Waals surface area (Å²) in [5.41, 5.74) is 0. The van der Waals surface area contributed by atoms with Crippen molar-refractivity contribution in [2.75, 3.05) is 13.1 Å². The van der Waals surface area contributed by atoms with Gasteiger partial charge in [0.2, 0.25) is 0 Å². The number of ether oxygens (including phenoxy) is 1. The number of aliphatic imine (C=N–C) groups is 1. The van der Waals surface area contributed by atoms with E-state index in [0.29, 0.717) is 18.2 Å². The predicted molar refractivity (Wildman–Crippen MR) is 54.4 cm³/mol. The number of nitrogens with one attached hydrogen (secondary N) is 2. The van der Waals surface area contributed by atoms with Crippen LogP contribution in [0.15, 0.2) is 4.99 Å². The molecule has 78 valence electrons. The maximum atomic E-state index is 5.87. The lowest BCUT2D eigenvalue weighted by molar-refractivity contribution is -0.0119. The van der Waals surface area contributed by atoms with Crippen molar-refractivity contribution in [1.82, 2.24) is 10.6 Å². The molecule has 3 aliphatic heterocycles. The fraction of sp³-hybridized carbons (Fsp3) is 0.900. The molecule has 0 amide bonds. The molecule has 4 heteroatoms. The Labute approximate surface area is 84.1 Å². The molecule has 0 radical (unpaired) electrons. The van der Waals surface area contributed by atoms with Crippen molar-refractivity contribution < 1.29 is 4.74 Å². The summed E-state index contributed by atoms with van der Waals surface area (Å²) in [7, 11) is 0. The molecular weight excluding hydrogens is 178 g/mol. The third kappa shape index (κ3) is 1.47. The molecule has 0 aliphatic carbocycles. The standard InChI is InChI=1S/C10H17N3O/c1-3-8(9-4-2-7(1)14-9)13-10-11-5-6-12-10/h7-9H,1-6H2,(H2,11,12,13). The highest BCUT2D eigenvalue weighted by Crippen LogP contribution is 2.32. The van der Waals surface area contributed by atoms with Crippen LogP contribution in [0.25, 0.3) is 0 Å². The third-order valence-electron chi connectivity index (χ3n) is 3.39. The van der Waals surface area contributed by atoms with E-state index in [0.717, 1.165) is 19.0 Å². The van der Waals surface area contributed by atoms with Gasteiger partial charge in [0.1, 0.15) is 0 Å². The molecule has 3 unspecified atom stereocenters. The van der Waals surface area contributed by atoms with Crippen LogP contribution in [0.2, 0.25) is 0 Å². The smallest absolute Gasteiger partial charge is 0.191 e. The largest absolute Gasteiger partial charge is 0.373 e. The van der Waals surface area contributed by atoms with Gasteiger partial charge in [0, 0.05) is 6.54 Å². The highest BCUT2D eigenvalue weighted by molar-refractivity contribution is 5.81. The van der Waals surface area contributed by atoms with Crippen molar-refractivity contribution in [2.24, 2.45) is 4.99 Å². The molecule has 0 saturated carbocycles. The molecule has 4 nitrogen and oxygen atoms in total. The Bertz CT molecular complexity index is 254. The summed E-state index contributed by atoms with van der Waals surface area (Å²) in [6.07, 6.45) is 5.89. The topological polar surface area (TPSA) is 45.6 Å². The molecule has 2 bridgehead atoms. The highest BCUT2D eigenvalue weighted by atomic mass is 16.5. The van der Waals surface area contributed by atoms with Gasteiger partial charge in [-0.15, -0.1) is 0 Å². The van der Waals surface area contributed by atoms with Gasteiger partial charge in [0.15, 0.2) is 5.96 Å². The van der Waals surface area contributed by atoms with E-state index in [2.05, 4.69) is 15.6 Å². The first kappa shape index (κ1) is 8.53. The number of fused-ring (bicyclic) bond motifs is 2. The highest BCUT2D eigenvalue weighted by Gasteiger charge is 2.37. The second-order valence-corrected chi connectivity index (χ2v) is 4.36. The van der Waals surface area contributed by atoms with Crippen molar-refractivity contribution in [3.05, 3.63) is 0 Å². The van der Waals surface area contributed by atoms with Crippen LogP contribution in [0, 0.1) is 0 Å². The van der Waals surface area contributed by atoms with Gasteiger partial charge in [0.05, 0.1) is 24.8 Å². The van der Waals surface area contributed by atoms with E-state index < -0.39 is 0 Å². The number of rotatable bonds is 1. The van der Waals surface area contributed by atoms with E-state index >= 15 is 0 Å². The average Bonchev–Trinajstić information content (AvgIpc) is 2.80. The van der Waals surface area contributed by atoms with E-state index in [4.69, 9.17) is 4.74 Å². The molecule has 0 spiro atoms. The van der Waals surface area contributed by atoms with Crippen molar-refractivity contribution in [3.63, 3.8) is 0 Å². The van der Waals surface area contributed by atoms with Crippen LogP contribution >= 0.6 is 0 Å². The van der Waals surface area contributed by atoms with Gasteiger partial charge in [-0.05, 0) is 25.7 Å². The maximum absolute atomic E-state index is 5.87. The summed E-state index contributed by atoms with van der Waals surface area (Å²) < 4.78 is 5.87. The molecule has 3 rings (SSSR count). The molecule has 3 atom stereocenters. The lowest BCUT2D eigenvalue weighted by atomic mass is 10.0. The van der Waals surface area contributed by atoms with E-state index in [1.807, 2.05) is 0 Å². The normalized spacial score (nSPS) is 40.6. The van der Waals surface area contributed by atoms with Crippen LogP contribution in [-0.2, 0) is 4.74 Å². The van der Waals surface area contributed by atoms with Crippen LogP contribution in [0.5, 0.6) is 0 Å². The van der Waals surface area contributed by atoms with Crippen LogP contribution in [0.4, 0.5) is 0 Å². The SMILES string of the molecule is C1CNC(NC2CCC3CCC2O3)=N1. The zero-order valence-electron chi connectivity index (χ0n) is 8.33. The molecule has 2 N–H and O–H groups in total. The lowest BCUT2D eigenvalue weighted by Gasteiger charge is -2.30. The second kappa shape index (κ2) is 3.42. The van der Waals surface area contributed by atoms with E-state index in [9.17, 15) is 0 Å². The summed E-state index contributed by atoms with van der Waals surface area (Å²) >= 11 is 0. The minimum atomic E-state index is 0.429. The van der Waals surface area contributed by atoms with Gasteiger partial charge in [-0.25, -0.2) is 0 Å². The quantitative estimate of drug-likeness (QED) is 0.630. The second-order valence-electron chi connectivity index (χ2n) is 4.36. The van der Waals surface area contributed by atoms with Crippen molar-refractivity contribution in [2.45, 2.75) is 43.9 Å². The molecule has 3 aliphatic rings. The molecule has 2 saturated heterocycles. The summed E-state index contributed by atoms with van der Waals surface area (Å²) in [5.74, 6) is 0.976. The average molecular weight is 195 g/mol. The number of guanidine groups is 1. The molecule has 0 aromatic rings. The van der Waals surface area contributed by atoms with Crippen molar-refractivity contribution in [3.8, 4) is 0 Å². The minimum absolute atomic E-state index is 0.429. The Morgan fingerprint density at radius 2 is 2.21 bits per heavy atom. The van der Waals surface area contributed by atoms with Gasteiger partial charge in [-0.3, -0.25) is 4.99 Å². The van der Waals surface area contributed by atoms with E-state index in [1.54, 1.807) is 0 Å². The molecule has 0 aromatic carbocycles. The van der Waals surface area contributed by atoms with E-state index in [1.165, 1.54) is 25.7 Å². The maximum Gasteiger partial charge on any atom is 0.191 e. The van der Waals surface area contributed by atoms with Gasteiger partial charge in [0.25, 0.3) is 0 Å². The Hall–Kier alpha value is -0.770. The van der Waals surface area contributed by atoms with Gasteiger partial charge in [-0.1, -0.05) is 0 Å². The van der Waals surface area contributed by atoms with Gasteiger partial charge in [-0.2, -0.15) is 0 Å². The summed E-state index contributed by atoms with van der Waals surface area (Å²) in [4.78, 5) is 4.35. The first-order valence-electron chi connectivity index (χ1n) is 5.62. The van der Waals surface area contributed by atoms with Crippen LogP contribution < -0.4 is 10.6 Å². The van der Waals surface area contributed by atoms with E-state index in [-0.39, 0.29) is 0 Å². The van der Waals surface area contributed by atoms with Crippen molar-refractivity contribution >= 4 is 5.96 Å². The first-order chi connectivity index (χ1) is 6.92. The summed E-state index contributed by atoms with van der Waals surface area (Å²) in [6.45, 7) is 1.88. The Kier molecular flexibility index (Phi) is 2.09. The lowest BCUT2D eigenvalue weighted by Crippen LogP contribution is -2.49. The monoisotopic (exact) mass is 195 g/mol. The fourth-order valence-electron chi connectivity index (χ4n) is 2.63. The van der Waals surface area contributed by atoms with Crippen molar-refractivity contribution in [1.29, 1.82) is 0 Å². The number of hydrogen-bond acceptors (Lipinski definition) is 4. The zero-order valence-corrected chi connectivity index (χ0v) is 8.33. The first-order valence-corrected chi connectivity index (χ1v) is 5.62. The Morgan fingerprint density at radius 3 is 3.07 bits per heavy atom.